The number of nitrogens with zero attached hydrogens (tertiary/aromatic N) is 1. The maximum absolute atomic E-state index is 12.1. The molecule has 0 saturated carbocycles. The molecule has 1 unspecified atom stereocenters. The summed E-state index contributed by atoms with van der Waals surface area (Å²) in [4.78, 5) is 14.4. The highest BCUT2D eigenvalue weighted by Gasteiger charge is 2.37. The number of likely N-dealkylation sites (tertiary alicyclic amines) is 1. The molecular weight excluding hydrogens is 256 g/mol. The second-order valence-corrected chi connectivity index (χ2v) is 6.05. The van der Waals surface area contributed by atoms with Crippen molar-refractivity contribution in [1.82, 2.24) is 10.2 Å². The SMILES string of the molecule is CCOC1CCN(CC(C)(NC(C)C)C(=O)OC)CC1. The number of ether oxygens (including phenoxy) is 2. The molecule has 0 aromatic rings. The number of rotatable bonds is 7. The van der Waals surface area contributed by atoms with Crippen molar-refractivity contribution in [3.8, 4) is 0 Å². The van der Waals surface area contributed by atoms with Gasteiger partial charge in [-0.3, -0.25) is 10.1 Å². The molecule has 1 saturated heterocycles. The van der Waals surface area contributed by atoms with E-state index < -0.39 is 5.54 Å². The van der Waals surface area contributed by atoms with Gasteiger partial charge in [0.2, 0.25) is 0 Å². The van der Waals surface area contributed by atoms with Crippen molar-refractivity contribution in [1.29, 1.82) is 0 Å². The highest BCUT2D eigenvalue weighted by Crippen LogP contribution is 2.18. The predicted octanol–water partition coefficient (Wildman–Crippen LogP) is 1.42. The van der Waals surface area contributed by atoms with Crippen molar-refractivity contribution < 1.29 is 14.3 Å². The van der Waals surface area contributed by atoms with Crippen molar-refractivity contribution in [2.75, 3.05) is 33.4 Å². The molecule has 5 heteroatoms. The number of carbonyl (C=O) groups is 1. The Morgan fingerprint density at radius 1 is 1.40 bits per heavy atom. The highest BCUT2D eigenvalue weighted by atomic mass is 16.5. The van der Waals surface area contributed by atoms with Crippen LogP contribution in [0.5, 0.6) is 0 Å². The molecule has 1 atom stereocenters. The van der Waals surface area contributed by atoms with Gasteiger partial charge in [0.15, 0.2) is 0 Å². The zero-order valence-electron chi connectivity index (χ0n) is 13.6. The predicted molar refractivity (Wildman–Crippen MR) is 79.8 cm³/mol. The Morgan fingerprint density at radius 3 is 2.45 bits per heavy atom. The normalized spacial score (nSPS) is 20.9. The maximum atomic E-state index is 12.1. The van der Waals surface area contributed by atoms with Gasteiger partial charge in [-0.05, 0) is 40.5 Å². The van der Waals surface area contributed by atoms with E-state index >= 15 is 0 Å². The molecular formula is C15H30N2O3. The largest absolute Gasteiger partial charge is 0.468 e. The highest BCUT2D eigenvalue weighted by molar-refractivity contribution is 5.80. The van der Waals surface area contributed by atoms with Crippen LogP contribution in [-0.2, 0) is 14.3 Å². The number of nitrogens with one attached hydrogen (secondary N) is 1. The lowest BCUT2D eigenvalue weighted by Gasteiger charge is -2.38. The first-order valence-electron chi connectivity index (χ1n) is 7.61. The van der Waals surface area contributed by atoms with Gasteiger partial charge in [0.1, 0.15) is 5.54 Å². The summed E-state index contributed by atoms with van der Waals surface area (Å²) in [6.07, 6.45) is 2.44. The monoisotopic (exact) mass is 286 g/mol. The number of esters is 1. The van der Waals surface area contributed by atoms with Gasteiger partial charge < -0.3 is 14.4 Å². The number of hydrogen-bond acceptors (Lipinski definition) is 5. The van der Waals surface area contributed by atoms with Crippen molar-refractivity contribution in [2.24, 2.45) is 0 Å². The van der Waals surface area contributed by atoms with Crippen LogP contribution >= 0.6 is 0 Å². The van der Waals surface area contributed by atoms with Crippen LogP contribution in [0.15, 0.2) is 0 Å². The van der Waals surface area contributed by atoms with E-state index in [1.54, 1.807) is 0 Å². The summed E-state index contributed by atoms with van der Waals surface area (Å²) in [5.74, 6) is -0.196. The van der Waals surface area contributed by atoms with Crippen molar-refractivity contribution in [3.05, 3.63) is 0 Å². The molecule has 1 rings (SSSR count). The van der Waals surface area contributed by atoms with Crippen molar-refractivity contribution >= 4 is 5.97 Å². The lowest BCUT2D eigenvalue weighted by molar-refractivity contribution is -0.149. The average Bonchev–Trinajstić information content (AvgIpc) is 2.39. The molecule has 0 aromatic carbocycles. The first-order valence-corrected chi connectivity index (χ1v) is 7.61. The van der Waals surface area contributed by atoms with E-state index in [4.69, 9.17) is 9.47 Å². The van der Waals surface area contributed by atoms with Gasteiger partial charge in [0.25, 0.3) is 0 Å². The molecule has 0 bridgehead atoms. The summed E-state index contributed by atoms with van der Waals surface area (Å²) >= 11 is 0. The smallest absolute Gasteiger partial charge is 0.327 e. The lowest BCUT2D eigenvalue weighted by atomic mass is 9.98. The van der Waals surface area contributed by atoms with Crippen LogP contribution in [-0.4, -0.2) is 61.9 Å². The average molecular weight is 286 g/mol. The summed E-state index contributed by atoms with van der Waals surface area (Å²) in [6.45, 7) is 11.4. The molecule has 20 heavy (non-hydrogen) atoms. The van der Waals surface area contributed by atoms with Crippen LogP contribution in [0.4, 0.5) is 0 Å². The van der Waals surface area contributed by atoms with Gasteiger partial charge in [-0.25, -0.2) is 0 Å². The van der Waals surface area contributed by atoms with Crippen molar-refractivity contribution in [3.63, 3.8) is 0 Å². The van der Waals surface area contributed by atoms with Gasteiger partial charge in [-0.2, -0.15) is 0 Å². The lowest BCUT2D eigenvalue weighted by Crippen LogP contribution is -2.60. The van der Waals surface area contributed by atoms with E-state index in [1.807, 2.05) is 27.7 Å². The number of carbonyl (C=O) groups excluding carboxylic acids is 1. The van der Waals surface area contributed by atoms with Gasteiger partial charge >= 0.3 is 5.97 Å². The van der Waals surface area contributed by atoms with Crippen LogP contribution in [0.1, 0.15) is 40.5 Å². The molecule has 0 radical (unpaired) electrons. The Kier molecular flexibility index (Phi) is 6.92. The van der Waals surface area contributed by atoms with Gasteiger partial charge in [0.05, 0.1) is 13.2 Å². The zero-order valence-corrected chi connectivity index (χ0v) is 13.6. The minimum atomic E-state index is -0.651. The van der Waals surface area contributed by atoms with E-state index in [0.717, 1.165) is 32.5 Å². The summed E-state index contributed by atoms with van der Waals surface area (Å²) < 4.78 is 10.6. The van der Waals surface area contributed by atoms with Gasteiger partial charge in [-0.1, -0.05) is 0 Å². The van der Waals surface area contributed by atoms with E-state index in [1.165, 1.54) is 7.11 Å². The molecule has 1 aliphatic heterocycles. The molecule has 1 N–H and O–H groups in total. The van der Waals surface area contributed by atoms with Crippen LogP contribution in [0.25, 0.3) is 0 Å². The number of hydrogen-bond donors (Lipinski definition) is 1. The third kappa shape index (κ3) is 5.04. The summed E-state index contributed by atoms with van der Waals surface area (Å²) in [5.41, 5.74) is -0.651. The van der Waals surface area contributed by atoms with Crippen molar-refractivity contribution in [2.45, 2.75) is 58.2 Å². The second-order valence-electron chi connectivity index (χ2n) is 6.05. The Labute approximate surface area is 123 Å². The maximum Gasteiger partial charge on any atom is 0.327 e. The molecule has 0 aliphatic carbocycles. The van der Waals surface area contributed by atoms with E-state index in [-0.39, 0.29) is 12.0 Å². The summed E-state index contributed by atoms with van der Waals surface area (Å²) in [5, 5.41) is 3.34. The third-order valence-electron chi connectivity index (χ3n) is 3.72. The Morgan fingerprint density at radius 2 is 2.00 bits per heavy atom. The topological polar surface area (TPSA) is 50.8 Å². The fourth-order valence-corrected chi connectivity index (χ4v) is 2.95. The fraction of sp³-hybridized carbons (Fsp3) is 0.933. The summed E-state index contributed by atoms with van der Waals surface area (Å²) in [6, 6.07) is 0.236. The first kappa shape index (κ1) is 17.4. The molecule has 0 amide bonds. The number of piperidine rings is 1. The molecule has 0 spiro atoms. The van der Waals surface area contributed by atoms with Crippen LogP contribution in [0, 0.1) is 0 Å². The third-order valence-corrected chi connectivity index (χ3v) is 3.72. The van der Waals surface area contributed by atoms with Crippen LogP contribution in [0.3, 0.4) is 0 Å². The Hall–Kier alpha value is -0.650. The quantitative estimate of drug-likeness (QED) is 0.717. The van der Waals surface area contributed by atoms with Gasteiger partial charge in [-0.15, -0.1) is 0 Å². The Bertz CT molecular complexity index is 301. The van der Waals surface area contributed by atoms with Gasteiger partial charge in [0, 0.05) is 32.3 Å². The van der Waals surface area contributed by atoms with E-state index in [9.17, 15) is 4.79 Å². The minimum Gasteiger partial charge on any atom is -0.468 e. The Balaban J connectivity index is 2.56. The standard InChI is InChI=1S/C15H30N2O3/c1-6-20-13-7-9-17(10-8-13)11-15(4,14(18)19-5)16-12(2)3/h12-13,16H,6-11H2,1-5H3. The first-order chi connectivity index (χ1) is 9.41. The molecule has 0 aromatic heterocycles. The molecule has 5 nitrogen and oxygen atoms in total. The molecule has 118 valence electrons. The molecule has 1 aliphatic rings. The second kappa shape index (κ2) is 7.96. The van der Waals surface area contributed by atoms with Crippen LogP contribution in [0.2, 0.25) is 0 Å². The molecule has 1 heterocycles. The van der Waals surface area contributed by atoms with Crippen LogP contribution < -0.4 is 5.32 Å². The van der Waals surface area contributed by atoms with E-state index in [2.05, 4.69) is 10.2 Å². The minimum absolute atomic E-state index is 0.196. The fourth-order valence-electron chi connectivity index (χ4n) is 2.95. The zero-order chi connectivity index (χ0) is 15.2. The summed E-state index contributed by atoms with van der Waals surface area (Å²) in [7, 11) is 1.45. The van der Waals surface area contributed by atoms with E-state index in [0.29, 0.717) is 12.6 Å². The molecule has 1 fully saturated rings. The number of methoxy groups -OCH3 is 1.